The van der Waals surface area contributed by atoms with E-state index in [9.17, 15) is 0 Å². The van der Waals surface area contributed by atoms with Crippen LogP contribution >= 0.6 is 0 Å². The SMILES string of the molecule is CC1(C)c2ccccc2-c2ccc3c4ccccc4n(-c4ccc(-c5nc(-c6ccccc6)n[c]6c5-c5cccc[c]5[Ge]6([c]5ccccc5)[c]5ccccc5)cc4)c3c21. The molecule has 0 unspecified atom stereocenters. The van der Waals surface area contributed by atoms with Gasteiger partial charge in [-0.15, -0.1) is 0 Å². The van der Waals surface area contributed by atoms with Crippen molar-refractivity contribution in [2.45, 2.75) is 19.3 Å². The Bertz CT molecular complexity index is 3240. The fraction of sp³-hybridized carbons (Fsp3) is 0.0545. The Kier molecular flexibility index (Phi) is 7.45. The molecule has 0 amide bonds. The Morgan fingerprint density at radius 2 is 1.08 bits per heavy atom. The van der Waals surface area contributed by atoms with E-state index in [4.69, 9.17) is 9.97 Å². The quantitative estimate of drug-likeness (QED) is 0.162. The van der Waals surface area contributed by atoms with Gasteiger partial charge >= 0.3 is 324 Å². The van der Waals surface area contributed by atoms with E-state index < -0.39 is 13.3 Å². The molecule has 4 heteroatoms. The van der Waals surface area contributed by atoms with Gasteiger partial charge in [0, 0.05) is 0 Å². The van der Waals surface area contributed by atoms with Gasteiger partial charge in [-0.05, 0) is 0 Å². The van der Waals surface area contributed by atoms with Gasteiger partial charge in [0.1, 0.15) is 0 Å². The second-order valence-corrected chi connectivity index (χ2v) is 24.2. The van der Waals surface area contributed by atoms with E-state index in [2.05, 4.69) is 219 Å². The number of para-hydroxylation sites is 1. The van der Waals surface area contributed by atoms with Crippen molar-refractivity contribution in [3.63, 3.8) is 0 Å². The van der Waals surface area contributed by atoms with Crippen LogP contribution < -0.4 is 17.7 Å². The molecule has 0 saturated heterocycles. The number of rotatable bonds is 5. The van der Waals surface area contributed by atoms with Crippen LogP contribution in [-0.2, 0) is 5.41 Å². The third kappa shape index (κ3) is 4.77. The summed E-state index contributed by atoms with van der Waals surface area (Å²) < 4.78 is 7.83. The maximum absolute atomic E-state index is 5.69. The van der Waals surface area contributed by atoms with Gasteiger partial charge in [0.15, 0.2) is 0 Å². The molecule has 3 heterocycles. The summed E-state index contributed by atoms with van der Waals surface area (Å²) in [5, 5.41) is 2.55. The summed E-state index contributed by atoms with van der Waals surface area (Å²) in [7, 11) is 0. The van der Waals surface area contributed by atoms with Crippen LogP contribution in [0.4, 0.5) is 0 Å². The van der Waals surface area contributed by atoms with Crippen molar-refractivity contribution >= 4 is 52.8 Å². The Labute approximate surface area is 346 Å². The zero-order chi connectivity index (χ0) is 39.3. The van der Waals surface area contributed by atoms with Crippen LogP contribution in [0.25, 0.3) is 72.4 Å². The standard InChI is InChI=1S/C55H39GeN3/c1-55(2)46-27-15-12-24-41(46)43-34-35-44-42-25-14-17-29-48(42)59(52(44)50(43)55)40-32-30-36(31-33-40)51-49-45-26-13-16-28-47(45)56(38-20-8-4-9-21-38,39-22-10-5-11-23-39)53(49)58-54(57-51)37-18-6-3-7-19-37/h3-35H,1-2H3. The van der Waals surface area contributed by atoms with E-state index in [-0.39, 0.29) is 5.41 Å². The van der Waals surface area contributed by atoms with Crippen molar-refractivity contribution < 1.29 is 0 Å². The monoisotopic (exact) mass is 815 g/mol. The third-order valence-corrected chi connectivity index (χ3v) is 23.0. The van der Waals surface area contributed by atoms with E-state index in [0.29, 0.717) is 0 Å². The first kappa shape index (κ1) is 34.2. The van der Waals surface area contributed by atoms with Crippen molar-refractivity contribution in [1.82, 2.24) is 14.5 Å². The molecule has 0 fully saturated rings. The fourth-order valence-corrected chi connectivity index (χ4v) is 21.0. The Morgan fingerprint density at radius 3 is 1.81 bits per heavy atom. The number of hydrogen-bond acceptors (Lipinski definition) is 2. The zero-order valence-electron chi connectivity index (χ0n) is 32.9. The van der Waals surface area contributed by atoms with Crippen LogP contribution in [0.1, 0.15) is 25.0 Å². The number of hydrogen-bond donors (Lipinski definition) is 0. The molecule has 278 valence electrons. The molecule has 0 saturated carbocycles. The van der Waals surface area contributed by atoms with Crippen molar-refractivity contribution in [2.75, 3.05) is 0 Å². The zero-order valence-corrected chi connectivity index (χ0v) is 35.0. The van der Waals surface area contributed by atoms with E-state index in [1.54, 1.807) is 0 Å². The van der Waals surface area contributed by atoms with E-state index >= 15 is 0 Å². The van der Waals surface area contributed by atoms with Crippen LogP contribution in [0, 0.1) is 0 Å². The normalized spacial score (nSPS) is 14.2. The van der Waals surface area contributed by atoms with Gasteiger partial charge in [0.25, 0.3) is 0 Å². The molecule has 0 atom stereocenters. The first-order valence-electron chi connectivity index (χ1n) is 20.5. The molecule has 12 rings (SSSR count). The number of aromatic nitrogens is 3. The van der Waals surface area contributed by atoms with Gasteiger partial charge in [0.05, 0.1) is 0 Å². The average molecular weight is 815 g/mol. The van der Waals surface area contributed by atoms with Crippen molar-refractivity contribution in [1.29, 1.82) is 0 Å². The van der Waals surface area contributed by atoms with Gasteiger partial charge in [-0.2, -0.15) is 0 Å². The Hall–Kier alpha value is -6.82. The summed E-state index contributed by atoms with van der Waals surface area (Å²) in [6, 6.07) is 73.6. The van der Waals surface area contributed by atoms with Crippen LogP contribution in [0.5, 0.6) is 0 Å². The molecule has 2 aliphatic rings. The number of benzene rings is 8. The molecule has 3 nitrogen and oxygen atoms in total. The van der Waals surface area contributed by atoms with E-state index in [1.807, 2.05) is 0 Å². The summed E-state index contributed by atoms with van der Waals surface area (Å²) in [4.78, 5) is 11.2. The van der Waals surface area contributed by atoms with Crippen molar-refractivity contribution in [3.05, 3.63) is 211 Å². The van der Waals surface area contributed by atoms with E-state index in [0.717, 1.165) is 33.9 Å². The molecule has 8 aromatic carbocycles. The molecule has 0 radical (unpaired) electrons. The topological polar surface area (TPSA) is 30.7 Å². The average Bonchev–Trinajstić information content (AvgIpc) is 3.88. The number of fused-ring (bicyclic) bond motifs is 10. The predicted molar refractivity (Wildman–Crippen MR) is 247 cm³/mol. The summed E-state index contributed by atoms with van der Waals surface area (Å²) in [6.45, 7) is 4.77. The first-order valence-corrected chi connectivity index (χ1v) is 24.7. The van der Waals surface area contributed by atoms with Gasteiger partial charge in [0.2, 0.25) is 0 Å². The van der Waals surface area contributed by atoms with E-state index in [1.165, 1.54) is 67.3 Å². The molecule has 2 aromatic heterocycles. The number of nitrogens with zero attached hydrogens (tertiary/aromatic N) is 3. The molecule has 10 aromatic rings. The molecule has 0 N–H and O–H groups in total. The molecule has 59 heavy (non-hydrogen) atoms. The fourth-order valence-electron chi connectivity index (χ4n) is 10.5. The van der Waals surface area contributed by atoms with Crippen LogP contribution in [-0.4, -0.2) is 27.8 Å². The minimum absolute atomic E-state index is 0.157. The van der Waals surface area contributed by atoms with Crippen LogP contribution in [0.3, 0.4) is 0 Å². The van der Waals surface area contributed by atoms with Gasteiger partial charge in [-0.3, -0.25) is 0 Å². The Morgan fingerprint density at radius 1 is 0.475 bits per heavy atom. The second-order valence-electron chi connectivity index (χ2n) is 16.5. The minimum atomic E-state index is -3.66. The molecule has 1 aliphatic heterocycles. The second kappa shape index (κ2) is 12.8. The summed E-state index contributed by atoms with van der Waals surface area (Å²) in [5.74, 6) is 0.762. The van der Waals surface area contributed by atoms with Gasteiger partial charge in [-0.25, -0.2) is 0 Å². The van der Waals surface area contributed by atoms with Gasteiger partial charge < -0.3 is 0 Å². The van der Waals surface area contributed by atoms with Crippen molar-refractivity contribution in [3.8, 4) is 50.6 Å². The Balaban J connectivity index is 1.12. The molecule has 1 aliphatic carbocycles. The molecular formula is C55H39GeN3. The summed E-state index contributed by atoms with van der Waals surface area (Å²) >= 11 is -3.66. The first-order chi connectivity index (χ1) is 29.0. The molecular weight excluding hydrogens is 775 g/mol. The van der Waals surface area contributed by atoms with Crippen LogP contribution in [0.2, 0.25) is 0 Å². The van der Waals surface area contributed by atoms with Crippen LogP contribution in [0.15, 0.2) is 200 Å². The third-order valence-electron chi connectivity index (χ3n) is 13.1. The van der Waals surface area contributed by atoms with Gasteiger partial charge in [-0.1, -0.05) is 24.3 Å². The predicted octanol–water partition coefficient (Wildman–Crippen LogP) is 10.6. The summed E-state index contributed by atoms with van der Waals surface area (Å²) in [6.07, 6.45) is 0. The molecule has 0 spiro atoms. The van der Waals surface area contributed by atoms with Crippen molar-refractivity contribution in [2.24, 2.45) is 0 Å². The summed E-state index contributed by atoms with van der Waals surface area (Å²) in [5.41, 5.74) is 14.4. The maximum atomic E-state index is 5.69. The molecule has 0 bridgehead atoms.